The number of carbonyl (C=O) groups excluding carboxylic acids is 1. The molecule has 0 aromatic heterocycles. The summed E-state index contributed by atoms with van der Waals surface area (Å²) in [7, 11) is 0. The zero-order valence-corrected chi connectivity index (χ0v) is 11.5. The van der Waals surface area contributed by atoms with E-state index in [1.807, 2.05) is 0 Å². The monoisotopic (exact) mass is 259 g/mol. The Morgan fingerprint density at radius 3 is 2.67 bits per heavy atom. The lowest BCUT2D eigenvalue weighted by Crippen LogP contribution is -2.50. The number of rotatable bonds is 6. The van der Waals surface area contributed by atoms with Crippen LogP contribution in [0.1, 0.15) is 46.5 Å². The molecule has 3 unspecified atom stereocenters. The third kappa shape index (κ3) is 4.23. The van der Waals surface area contributed by atoms with Gasteiger partial charge >= 0.3 is 0 Å². The molecule has 0 spiro atoms. The number of carbonyl (C=O) groups is 1. The Morgan fingerprint density at radius 1 is 1.50 bits per heavy atom. The van der Waals surface area contributed by atoms with E-state index in [0.717, 1.165) is 19.3 Å². The van der Waals surface area contributed by atoms with E-state index in [0.29, 0.717) is 6.42 Å². The molecule has 0 aromatic carbocycles. The lowest BCUT2D eigenvalue weighted by Gasteiger charge is -2.42. The molecular formula is C13H25NO4. The number of hydrogen-bond acceptors (Lipinski definition) is 4. The molecule has 5 nitrogen and oxygen atoms in total. The molecule has 1 rings (SSSR count). The fourth-order valence-electron chi connectivity index (χ4n) is 2.44. The van der Waals surface area contributed by atoms with E-state index in [9.17, 15) is 9.90 Å². The first kappa shape index (κ1) is 15.4. The van der Waals surface area contributed by atoms with Crippen LogP contribution in [0.15, 0.2) is 0 Å². The van der Waals surface area contributed by atoms with Crippen LogP contribution in [0, 0.1) is 5.92 Å². The van der Waals surface area contributed by atoms with Crippen molar-refractivity contribution in [3.05, 3.63) is 0 Å². The SMILES string of the molecule is CCCCC(C(N)=O)C1CC(CO)OC(C)(C)O1. The zero-order chi connectivity index (χ0) is 13.8. The second-order valence-electron chi connectivity index (χ2n) is 5.37. The van der Waals surface area contributed by atoms with Gasteiger partial charge in [0.2, 0.25) is 5.91 Å². The van der Waals surface area contributed by atoms with E-state index in [-0.39, 0.29) is 30.6 Å². The van der Waals surface area contributed by atoms with E-state index >= 15 is 0 Å². The molecule has 1 fully saturated rings. The molecule has 0 bridgehead atoms. The predicted molar refractivity (Wildman–Crippen MR) is 67.7 cm³/mol. The van der Waals surface area contributed by atoms with Gasteiger partial charge < -0.3 is 20.3 Å². The van der Waals surface area contributed by atoms with Crippen LogP contribution in [0.3, 0.4) is 0 Å². The summed E-state index contributed by atoms with van der Waals surface area (Å²) in [6, 6.07) is 0. The quantitative estimate of drug-likeness (QED) is 0.750. The predicted octanol–water partition coefficient (Wildman–Crippen LogP) is 1.18. The topological polar surface area (TPSA) is 81.8 Å². The van der Waals surface area contributed by atoms with Crippen LogP contribution in [-0.4, -0.2) is 35.6 Å². The number of ether oxygens (including phenoxy) is 2. The summed E-state index contributed by atoms with van der Waals surface area (Å²) in [5.74, 6) is -1.42. The fourth-order valence-corrected chi connectivity index (χ4v) is 2.44. The summed E-state index contributed by atoms with van der Waals surface area (Å²) in [6.45, 7) is 5.59. The number of primary amides is 1. The van der Waals surface area contributed by atoms with Crippen molar-refractivity contribution in [3.8, 4) is 0 Å². The Labute approximate surface area is 109 Å². The van der Waals surface area contributed by atoms with Crippen LogP contribution < -0.4 is 5.73 Å². The van der Waals surface area contributed by atoms with E-state index in [1.54, 1.807) is 13.8 Å². The molecular weight excluding hydrogens is 234 g/mol. The Hall–Kier alpha value is -0.650. The van der Waals surface area contributed by atoms with Crippen molar-refractivity contribution in [1.29, 1.82) is 0 Å². The standard InChI is InChI=1S/C13H25NO4/c1-4-5-6-10(12(14)16)11-7-9(8-15)17-13(2,3)18-11/h9-11,15H,4-8H2,1-3H3,(H2,14,16). The first-order valence-corrected chi connectivity index (χ1v) is 6.65. The summed E-state index contributed by atoms with van der Waals surface area (Å²) >= 11 is 0. The third-order valence-electron chi connectivity index (χ3n) is 3.27. The highest BCUT2D eigenvalue weighted by atomic mass is 16.7. The lowest BCUT2D eigenvalue weighted by atomic mass is 9.90. The molecule has 1 heterocycles. The first-order chi connectivity index (χ1) is 8.39. The number of hydrogen-bond donors (Lipinski definition) is 2. The molecule has 3 N–H and O–H groups in total. The van der Waals surface area contributed by atoms with Crippen molar-refractivity contribution in [1.82, 2.24) is 0 Å². The summed E-state index contributed by atoms with van der Waals surface area (Å²) in [5, 5.41) is 9.24. The van der Waals surface area contributed by atoms with Gasteiger partial charge in [-0.15, -0.1) is 0 Å². The van der Waals surface area contributed by atoms with E-state index in [1.165, 1.54) is 0 Å². The fraction of sp³-hybridized carbons (Fsp3) is 0.923. The van der Waals surface area contributed by atoms with Gasteiger partial charge in [0.25, 0.3) is 0 Å². The summed E-state index contributed by atoms with van der Waals surface area (Å²) in [6.07, 6.45) is 2.64. The lowest BCUT2D eigenvalue weighted by molar-refractivity contribution is -0.310. The van der Waals surface area contributed by atoms with Gasteiger partial charge in [-0.1, -0.05) is 19.8 Å². The maximum atomic E-state index is 11.5. The molecule has 3 atom stereocenters. The molecule has 0 aromatic rings. The Bertz CT molecular complexity index is 280. The molecule has 18 heavy (non-hydrogen) atoms. The van der Waals surface area contributed by atoms with Crippen LogP contribution in [0.2, 0.25) is 0 Å². The van der Waals surface area contributed by atoms with Gasteiger partial charge in [-0.05, 0) is 20.3 Å². The van der Waals surface area contributed by atoms with E-state index in [2.05, 4.69) is 6.92 Å². The maximum absolute atomic E-state index is 11.5. The number of amides is 1. The molecule has 5 heteroatoms. The van der Waals surface area contributed by atoms with Gasteiger partial charge in [-0.25, -0.2) is 0 Å². The van der Waals surface area contributed by atoms with Crippen molar-refractivity contribution in [3.63, 3.8) is 0 Å². The van der Waals surface area contributed by atoms with Gasteiger partial charge in [-0.2, -0.15) is 0 Å². The number of nitrogens with two attached hydrogens (primary N) is 1. The van der Waals surface area contributed by atoms with Crippen LogP contribution in [-0.2, 0) is 14.3 Å². The number of unbranched alkanes of at least 4 members (excludes halogenated alkanes) is 1. The second-order valence-corrected chi connectivity index (χ2v) is 5.37. The highest BCUT2D eigenvalue weighted by molar-refractivity contribution is 5.77. The molecule has 0 aliphatic carbocycles. The first-order valence-electron chi connectivity index (χ1n) is 6.65. The molecule has 1 amide bonds. The highest BCUT2D eigenvalue weighted by Gasteiger charge is 2.40. The summed E-state index contributed by atoms with van der Waals surface area (Å²) in [4.78, 5) is 11.5. The van der Waals surface area contributed by atoms with Gasteiger partial charge in [0.15, 0.2) is 5.79 Å². The van der Waals surface area contributed by atoms with Crippen LogP contribution in [0.25, 0.3) is 0 Å². The van der Waals surface area contributed by atoms with Crippen LogP contribution in [0.4, 0.5) is 0 Å². The van der Waals surface area contributed by atoms with Crippen LogP contribution >= 0.6 is 0 Å². The molecule has 1 saturated heterocycles. The van der Waals surface area contributed by atoms with Crippen LogP contribution in [0.5, 0.6) is 0 Å². The Kier molecular flexibility index (Phi) is 5.56. The van der Waals surface area contributed by atoms with Crippen molar-refractivity contribution >= 4 is 5.91 Å². The number of aliphatic hydroxyl groups excluding tert-OH is 1. The Balaban J connectivity index is 2.73. The largest absolute Gasteiger partial charge is 0.394 e. The van der Waals surface area contributed by atoms with Gasteiger partial charge in [0.05, 0.1) is 24.7 Å². The maximum Gasteiger partial charge on any atom is 0.223 e. The number of aliphatic hydroxyl groups is 1. The molecule has 1 aliphatic rings. The van der Waals surface area contributed by atoms with Crippen molar-refractivity contribution < 1.29 is 19.4 Å². The van der Waals surface area contributed by atoms with Gasteiger partial charge in [0.1, 0.15) is 0 Å². The average Bonchev–Trinajstić information content (AvgIpc) is 2.27. The van der Waals surface area contributed by atoms with Gasteiger partial charge in [-0.3, -0.25) is 4.79 Å². The molecule has 0 saturated carbocycles. The highest BCUT2D eigenvalue weighted by Crippen LogP contribution is 2.32. The minimum absolute atomic E-state index is 0.0669. The minimum atomic E-state index is -0.782. The van der Waals surface area contributed by atoms with Crippen molar-refractivity contribution in [2.24, 2.45) is 11.7 Å². The average molecular weight is 259 g/mol. The van der Waals surface area contributed by atoms with E-state index in [4.69, 9.17) is 15.2 Å². The molecule has 1 aliphatic heterocycles. The van der Waals surface area contributed by atoms with Crippen molar-refractivity contribution in [2.45, 2.75) is 64.4 Å². The summed E-state index contributed by atoms with van der Waals surface area (Å²) in [5.41, 5.74) is 5.46. The smallest absolute Gasteiger partial charge is 0.223 e. The second kappa shape index (κ2) is 6.50. The molecule has 0 radical (unpaired) electrons. The minimum Gasteiger partial charge on any atom is -0.394 e. The van der Waals surface area contributed by atoms with Gasteiger partial charge in [0, 0.05) is 6.42 Å². The Morgan fingerprint density at radius 2 is 2.17 bits per heavy atom. The molecule has 106 valence electrons. The summed E-state index contributed by atoms with van der Waals surface area (Å²) < 4.78 is 11.4. The van der Waals surface area contributed by atoms with Crippen molar-refractivity contribution in [2.75, 3.05) is 6.61 Å². The van der Waals surface area contributed by atoms with E-state index < -0.39 is 5.79 Å². The zero-order valence-electron chi connectivity index (χ0n) is 11.5. The normalized spacial score (nSPS) is 28.9. The third-order valence-corrected chi connectivity index (χ3v) is 3.27.